The molecule has 0 aliphatic carbocycles. The van der Waals surface area contributed by atoms with Crippen LogP contribution in [0.4, 0.5) is 0 Å². The minimum atomic E-state index is -0.195. The summed E-state index contributed by atoms with van der Waals surface area (Å²) in [6.07, 6.45) is 0.403. The van der Waals surface area contributed by atoms with Crippen molar-refractivity contribution in [3.8, 4) is 0 Å². The van der Waals surface area contributed by atoms with Gasteiger partial charge < -0.3 is 9.64 Å². The summed E-state index contributed by atoms with van der Waals surface area (Å²) >= 11 is 1.64. The van der Waals surface area contributed by atoms with E-state index in [2.05, 4.69) is 18.6 Å². The Morgan fingerprint density at radius 3 is 2.21 bits per heavy atom. The van der Waals surface area contributed by atoms with Crippen molar-refractivity contribution in [3.63, 3.8) is 0 Å². The molecule has 0 aliphatic rings. The summed E-state index contributed by atoms with van der Waals surface area (Å²) in [6.45, 7) is 8.16. The highest BCUT2D eigenvalue weighted by atomic mass is 32.2. The molecule has 4 nitrogen and oxygen atoms in total. The number of carbonyl (C=O) groups excluding carboxylic acids is 2. The van der Waals surface area contributed by atoms with Crippen LogP contribution in [0.1, 0.15) is 34.1 Å². The van der Waals surface area contributed by atoms with Gasteiger partial charge >= 0.3 is 5.97 Å². The Morgan fingerprint density at radius 1 is 1.21 bits per heavy atom. The zero-order valence-corrected chi connectivity index (χ0v) is 13.8. The van der Waals surface area contributed by atoms with Crippen LogP contribution in [-0.2, 0) is 14.3 Å². The molecule has 112 valence electrons. The first kappa shape index (κ1) is 18.3. The fourth-order valence-corrected chi connectivity index (χ4v) is 2.79. The van der Waals surface area contributed by atoms with E-state index in [0.29, 0.717) is 18.1 Å². The predicted molar refractivity (Wildman–Crippen MR) is 80.2 cm³/mol. The predicted octanol–water partition coefficient (Wildman–Crippen LogP) is 2.42. The highest BCUT2D eigenvalue weighted by Crippen LogP contribution is 2.21. The number of esters is 1. The van der Waals surface area contributed by atoms with Gasteiger partial charge in [-0.25, -0.2) is 0 Å². The lowest BCUT2D eigenvalue weighted by molar-refractivity contribution is -0.140. The van der Waals surface area contributed by atoms with Gasteiger partial charge in [-0.2, -0.15) is 11.8 Å². The Hall–Kier alpha value is -0.710. The molecule has 0 heterocycles. The summed E-state index contributed by atoms with van der Waals surface area (Å²) in [7, 11) is 3.24. The van der Waals surface area contributed by atoms with Crippen molar-refractivity contribution < 1.29 is 14.3 Å². The van der Waals surface area contributed by atoms with Crippen LogP contribution < -0.4 is 0 Å². The fourth-order valence-electron chi connectivity index (χ4n) is 1.53. The van der Waals surface area contributed by atoms with E-state index in [-0.39, 0.29) is 23.8 Å². The van der Waals surface area contributed by atoms with Gasteiger partial charge in [0.05, 0.1) is 13.5 Å². The molecule has 0 saturated heterocycles. The maximum absolute atomic E-state index is 12.3. The van der Waals surface area contributed by atoms with Crippen LogP contribution in [0.15, 0.2) is 0 Å². The Labute approximate surface area is 121 Å². The largest absolute Gasteiger partial charge is 0.469 e. The molecule has 0 bridgehead atoms. The molecule has 0 saturated carbocycles. The number of amides is 1. The normalized spacial score (nSPS) is 12.6. The lowest BCUT2D eigenvalue weighted by Crippen LogP contribution is -2.40. The molecule has 0 aromatic heterocycles. The first-order chi connectivity index (χ1) is 8.81. The average molecular weight is 289 g/mol. The van der Waals surface area contributed by atoms with Gasteiger partial charge in [0.25, 0.3) is 0 Å². The molecule has 0 N–H and O–H groups in total. The molecule has 1 amide bonds. The minimum absolute atomic E-state index is 0.00930. The smallest absolute Gasteiger partial charge is 0.306 e. The maximum Gasteiger partial charge on any atom is 0.306 e. The van der Waals surface area contributed by atoms with Crippen molar-refractivity contribution in [3.05, 3.63) is 0 Å². The number of carbonyl (C=O) groups is 2. The zero-order chi connectivity index (χ0) is 15.0. The van der Waals surface area contributed by atoms with E-state index in [4.69, 9.17) is 0 Å². The van der Waals surface area contributed by atoms with Crippen LogP contribution in [0.5, 0.6) is 0 Å². The second-order valence-corrected chi connectivity index (χ2v) is 6.44. The molecule has 1 atom stereocenters. The summed E-state index contributed by atoms with van der Waals surface area (Å²) in [5.41, 5.74) is 0. The molecule has 0 radical (unpaired) electrons. The monoisotopic (exact) mass is 289 g/mol. The van der Waals surface area contributed by atoms with Gasteiger partial charge in [-0.15, -0.1) is 0 Å². The Morgan fingerprint density at radius 2 is 1.79 bits per heavy atom. The number of methoxy groups -OCH3 is 1. The molecule has 0 rings (SSSR count). The lowest BCUT2D eigenvalue weighted by atomic mass is 9.96. The third-order valence-corrected chi connectivity index (χ3v) is 4.31. The van der Waals surface area contributed by atoms with Crippen molar-refractivity contribution in [2.24, 2.45) is 11.8 Å². The first-order valence-electron chi connectivity index (χ1n) is 6.72. The molecule has 0 fully saturated rings. The van der Waals surface area contributed by atoms with E-state index in [9.17, 15) is 9.59 Å². The van der Waals surface area contributed by atoms with Crippen LogP contribution in [-0.4, -0.2) is 48.5 Å². The van der Waals surface area contributed by atoms with Crippen molar-refractivity contribution in [2.75, 3.05) is 25.7 Å². The van der Waals surface area contributed by atoms with Crippen molar-refractivity contribution in [1.29, 1.82) is 0 Å². The summed E-state index contributed by atoms with van der Waals surface area (Å²) in [4.78, 5) is 25.1. The summed E-state index contributed by atoms with van der Waals surface area (Å²) in [5.74, 6) is 1.77. The second-order valence-electron chi connectivity index (χ2n) is 5.29. The number of thioether (sulfide) groups is 1. The third-order valence-electron chi connectivity index (χ3n) is 3.22. The van der Waals surface area contributed by atoms with Gasteiger partial charge in [0.2, 0.25) is 5.91 Å². The molecule has 0 aliphatic heterocycles. The van der Waals surface area contributed by atoms with E-state index < -0.39 is 0 Å². The Balaban J connectivity index is 4.27. The number of hydrogen-bond acceptors (Lipinski definition) is 4. The van der Waals surface area contributed by atoms with Gasteiger partial charge in [0.15, 0.2) is 0 Å². The molecular formula is C14H27NO3S. The number of rotatable bonds is 8. The van der Waals surface area contributed by atoms with Crippen LogP contribution in [0.2, 0.25) is 0 Å². The third kappa shape index (κ3) is 6.85. The number of nitrogens with zero attached hydrogens (tertiary/aromatic N) is 1. The van der Waals surface area contributed by atoms with Gasteiger partial charge in [0, 0.05) is 30.5 Å². The zero-order valence-electron chi connectivity index (χ0n) is 12.9. The Kier molecular flexibility index (Phi) is 8.89. The van der Waals surface area contributed by atoms with Crippen LogP contribution >= 0.6 is 11.8 Å². The van der Waals surface area contributed by atoms with Gasteiger partial charge in [0.1, 0.15) is 0 Å². The van der Waals surface area contributed by atoms with Crippen LogP contribution in [0, 0.1) is 11.8 Å². The molecule has 0 aromatic rings. The molecule has 5 heteroatoms. The van der Waals surface area contributed by atoms with E-state index >= 15 is 0 Å². The number of hydrogen-bond donors (Lipinski definition) is 0. The van der Waals surface area contributed by atoms with Crippen molar-refractivity contribution in [1.82, 2.24) is 4.90 Å². The standard InChI is InChI=1S/C14H27NO3S/c1-10(2)12(14(17)15(5)11(3)4)9-19-8-7-13(16)18-6/h10-12H,7-9H2,1-6H3/t12-/m0/s1. The Bertz CT molecular complexity index is 292. The molecule has 0 unspecified atom stereocenters. The van der Waals surface area contributed by atoms with Gasteiger partial charge in [-0.05, 0) is 19.8 Å². The highest BCUT2D eigenvalue weighted by Gasteiger charge is 2.26. The minimum Gasteiger partial charge on any atom is -0.469 e. The van der Waals surface area contributed by atoms with E-state index in [1.54, 1.807) is 16.7 Å². The summed E-state index contributed by atoms with van der Waals surface area (Å²) < 4.78 is 4.59. The highest BCUT2D eigenvalue weighted by molar-refractivity contribution is 7.99. The average Bonchev–Trinajstić information content (AvgIpc) is 2.35. The van der Waals surface area contributed by atoms with Crippen molar-refractivity contribution in [2.45, 2.75) is 40.2 Å². The van der Waals surface area contributed by atoms with Gasteiger partial charge in [-0.3, -0.25) is 9.59 Å². The van der Waals surface area contributed by atoms with Crippen LogP contribution in [0.25, 0.3) is 0 Å². The van der Waals surface area contributed by atoms with Crippen LogP contribution in [0.3, 0.4) is 0 Å². The second kappa shape index (κ2) is 9.23. The fraction of sp³-hybridized carbons (Fsp3) is 0.857. The lowest BCUT2D eigenvalue weighted by Gasteiger charge is -2.28. The first-order valence-corrected chi connectivity index (χ1v) is 7.87. The van der Waals surface area contributed by atoms with Crippen molar-refractivity contribution >= 4 is 23.6 Å². The number of ether oxygens (including phenoxy) is 1. The topological polar surface area (TPSA) is 46.6 Å². The summed E-state index contributed by atoms with van der Waals surface area (Å²) in [6, 6.07) is 0.216. The molecule has 0 aromatic carbocycles. The SMILES string of the molecule is COC(=O)CCSC[C@H](C(=O)N(C)C(C)C)C(C)C. The van der Waals surface area contributed by atoms with Gasteiger partial charge in [-0.1, -0.05) is 13.8 Å². The molecule has 19 heavy (non-hydrogen) atoms. The molecular weight excluding hydrogens is 262 g/mol. The maximum atomic E-state index is 12.3. The molecule has 0 spiro atoms. The van der Waals surface area contributed by atoms with E-state index in [1.165, 1.54) is 7.11 Å². The quantitative estimate of drug-likeness (QED) is 0.508. The summed E-state index contributed by atoms with van der Waals surface area (Å²) in [5, 5.41) is 0. The van der Waals surface area contributed by atoms with E-state index in [0.717, 1.165) is 5.75 Å². The van der Waals surface area contributed by atoms with E-state index in [1.807, 2.05) is 20.9 Å².